The van der Waals surface area contributed by atoms with Gasteiger partial charge in [0.25, 0.3) is 0 Å². The normalized spacial score (nSPS) is 12.6. The highest BCUT2D eigenvalue weighted by Gasteiger charge is 2.14. The van der Waals surface area contributed by atoms with E-state index in [1.165, 1.54) is 11.1 Å². The van der Waals surface area contributed by atoms with Gasteiger partial charge in [-0.25, -0.2) is 0 Å². The van der Waals surface area contributed by atoms with Gasteiger partial charge in [-0.3, -0.25) is 0 Å². The molecular weight excluding hydrogens is 222 g/mol. The van der Waals surface area contributed by atoms with E-state index in [9.17, 15) is 5.11 Å². The summed E-state index contributed by atoms with van der Waals surface area (Å²) in [4.78, 5) is 2.22. The first-order chi connectivity index (χ1) is 8.66. The molecule has 2 aromatic rings. The van der Waals surface area contributed by atoms with Crippen LogP contribution in [0, 0.1) is 0 Å². The number of nitrogens with zero attached hydrogens (tertiary/aromatic N) is 1. The lowest BCUT2D eigenvalue weighted by Gasteiger charge is -2.25. The molecule has 2 rings (SSSR count). The minimum atomic E-state index is 0.319. The van der Waals surface area contributed by atoms with Crippen LogP contribution >= 0.6 is 0 Å². The van der Waals surface area contributed by atoms with E-state index in [2.05, 4.69) is 43.3 Å². The Kier molecular flexibility index (Phi) is 4.00. The van der Waals surface area contributed by atoms with Gasteiger partial charge in [0.1, 0.15) is 5.75 Å². The number of aromatic hydroxyl groups is 1. The van der Waals surface area contributed by atoms with E-state index in [-0.39, 0.29) is 0 Å². The Hall–Kier alpha value is -1.80. The van der Waals surface area contributed by atoms with Gasteiger partial charge in [-0.15, -0.1) is 0 Å². The Morgan fingerprint density at radius 2 is 1.56 bits per heavy atom. The lowest BCUT2D eigenvalue weighted by atomic mass is 9.98. The van der Waals surface area contributed by atoms with Crippen LogP contribution in [0.2, 0.25) is 0 Å². The van der Waals surface area contributed by atoms with Gasteiger partial charge >= 0.3 is 0 Å². The van der Waals surface area contributed by atoms with Gasteiger partial charge in [0.05, 0.1) is 0 Å². The topological polar surface area (TPSA) is 23.5 Å². The van der Waals surface area contributed by atoms with Crippen molar-refractivity contribution in [1.29, 1.82) is 0 Å². The monoisotopic (exact) mass is 241 g/mol. The van der Waals surface area contributed by atoms with Gasteiger partial charge < -0.3 is 10.0 Å². The molecule has 0 bridgehead atoms. The lowest BCUT2D eigenvalue weighted by Crippen LogP contribution is -2.21. The van der Waals surface area contributed by atoms with Crippen LogP contribution in [0.3, 0.4) is 0 Å². The third kappa shape index (κ3) is 3.11. The Morgan fingerprint density at radius 3 is 2.11 bits per heavy atom. The molecule has 0 aliphatic carbocycles. The van der Waals surface area contributed by atoms with Crippen molar-refractivity contribution in [2.45, 2.75) is 12.5 Å². The summed E-state index contributed by atoms with van der Waals surface area (Å²) >= 11 is 0. The summed E-state index contributed by atoms with van der Waals surface area (Å²) in [6.07, 6.45) is 0.942. The van der Waals surface area contributed by atoms with Gasteiger partial charge in [-0.1, -0.05) is 42.5 Å². The molecule has 0 heterocycles. The van der Waals surface area contributed by atoms with Crippen molar-refractivity contribution in [3.8, 4) is 5.75 Å². The summed E-state index contributed by atoms with van der Waals surface area (Å²) in [5.41, 5.74) is 2.55. The van der Waals surface area contributed by atoms with E-state index in [0.717, 1.165) is 6.42 Å². The van der Waals surface area contributed by atoms with Crippen LogP contribution in [-0.2, 0) is 6.42 Å². The molecule has 0 aliphatic heterocycles. The zero-order valence-electron chi connectivity index (χ0n) is 10.9. The number of benzene rings is 2. The van der Waals surface area contributed by atoms with Gasteiger partial charge in [0.15, 0.2) is 0 Å². The highest BCUT2D eigenvalue weighted by molar-refractivity contribution is 5.28. The number of hydrogen-bond donors (Lipinski definition) is 1. The van der Waals surface area contributed by atoms with E-state index in [0.29, 0.717) is 11.8 Å². The molecule has 1 atom stereocenters. The van der Waals surface area contributed by atoms with Crippen molar-refractivity contribution in [2.24, 2.45) is 0 Å². The van der Waals surface area contributed by atoms with Gasteiger partial charge in [0, 0.05) is 6.04 Å². The Morgan fingerprint density at radius 1 is 0.944 bits per heavy atom. The third-order valence-corrected chi connectivity index (χ3v) is 3.17. The second-order valence-corrected chi connectivity index (χ2v) is 4.76. The number of phenolic OH excluding ortho intramolecular Hbond substituents is 1. The van der Waals surface area contributed by atoms with Crippen LogP contribution in [0.5, 0.6) is 5.75 Å². The Bertz CT molecular complexity index is 476. The van der Waals surface area contributed by atoms with Gasteiger partial charge in [-0.2, -0.15) is 0 Å². The second-order valence-electron chi connectivity index (χ2n) is 4.76. The third-order valence-electron chi connectivity index (χ3n) is 3.17. The van der Waals surface area contributed by atoms with Crippen molar-refractivity contribution in [1.82, 2.24) is 4.90 Å². The number of rotatable bonds is 4. The minimum Gasteiger partial charge on any atom is -0.508 e. The van der Waals surface area contributed by atoms with Crippen LogP contribution in [0.15, 0.2) is 54.6 Å². The van der Waals surface area contributed by atoms with E-state index in [1.54, 1.807) is 12.1 Å². The maximum Gasteiger partial charge on any atom is 0.115 e. The molecule has 0 aliphatic rings. The van der Waals surface area contributed by atoms with Crippen LogP contribution in [0.4, 0.5) is 0 Å². The van der Waals surface area contributed by atoms with E-state index in [4.69, 9.17) is 0 Å². The first-order valence-electron chi connectivity index (χ1n) is 6.16. The van der Waals surface area contributed by atoms with Gasteiger partial charge in [-0.05, 0) is 43.8 Å². The molecule has 1 N–H and O–H groups in total. The molecule has 0 amide bonds. The maximum atomic E-state index is 9.31. The predicted molar refractivity (Wildman–Crippen MR) is 74.7 cm³/mol. The van der Waals surface area contributed by atoms with Crippen molar-refractivity contribution < 1.29 is 5.11 Å². The fourth-order valence-corrected chi connectivity index (χ4v) is 2.13. The number of likely N-dealkylation sites (N-methyl/N-ethyl adjacent to an activating group) is 1. The van der Waals surface area contributed by atoms with Crippen molar-refractivity contribution in [3.63, 3.8) is 0 Å². The molecule has 0 saturated heterocycles. The standard InChI is InChI=1S/C16H19NO/c1-17(2)16(14-6-4-3-5-7-14)12-13-8-10-15(18)11-9-13/h3-11,16,18H,12H2,1-2H3. The minimum absolute atomic E-state index is 0.319. The smallest absolute Gasteiger partial charge is 0.115 e. The zero-order valence-corrected chi connectivity index (χ0v) is 10.9. The number of hydrogen-bond acceptors (Lipinski definition) is 2. The van der Waals surface area contributed by atoms with E-state index in [1.807, 2.05) is 18.2 Å². The molecule has 18 heavy (non-hydrogen) atoms. The Balaban J connectivity index is 2.19. The molecule has 0 spiro atoms. The van der Waals surface area contributed by atoms with Crippen LogP contribution in [0.1, 0.15) is 17.2 Å². The van der Waals surface area contributed by atoms with E-state index < -0.39 is 0 Å². The largest absolute Gasteiger partial charge is 0.508 e. The Labute approximate surface area is 109 Å². The number of phenols is 1. The highest BCUT2D eigenvalue weighted by Crippen LogP contribution is 2.23. The summed E-state index contributed by atoms with van der Waals surface area (Å²) in [6.45, 7) is 0. The molecule has 0 aromatic heterocycles. The second kappa shape index (κ2) is 5.69. The molecule has 2 nitrogen and oxygen atoms in total. The molecule has 0 saturated carbocycles. The quantitative estimate of drug-likeness (QED) is 0.888. The molecule has 0 fully saturated rings. The van der Waals surface area contributed by atoms with Crippen LogP contribution < -0.4 is 0 Å². The summed E-state index contributed by atoms with van der Waals surface area (Å²) < 4.78 is 0. The van der Waals surface area contributed by atoms with Crippen LogP contribution in [-0.4, -0.2) is 24.1 Å². The molecular formula is C16H19NO. The summed E-state index contributed by atoms with van der Waals surface area (Å²) in [7, 11) is 4.19. The average Bonchev–Trinajstić information content (AvgIpc) is 2.38. The van der Waals surface area contributed by atoms with Gasteiger partial charge in [0.2, 0.25) is 0 Å². The SMILES string of the molecule is CN(C)C(Cc1ccc(O)cc1)c1ccccc1. The summed E-state index contributed by atoms with van der Waals surface area (Å²) in [5, 5.41) is 9.31. The molecule has 2 heteroatoms. The van der Waals surface area contributed by atoms with Crippen molar-refractivity contribution >= 4 is 0 Å². The molecule has 1 unspecified atom stereocenters. The molecule has 0 radical (unpaired) electrons. The van der Waals surface area contributed by atoms with E-state index >= 15 is 0 Å². The highest BCUT2D eigenvalue weighted by atomic mass is 16.3. The first-order valence-corrected chi connectivity index (χ1v) is 6.16. The fraction of sp³-hybridized carbons (Fsp3) is 0.250. The maximum absolute atomic E-state index is 9.31. The predicted octanol–water partition coefficient (Wildman–Crippen LogP) is 3.24. The van der Waals surface area contributed by atoms with Crippen molar-refractivity contribution in [3.05, 3.63) is 65.7 Å². The van der Waals surface area contributed by atoms with Crippen molar-refractivity contribution in [2.75, 3.05) is 14.1 Å². The lowest BCUT2D eigenvalue weighted by molar-refractivity contribution is 0.297. The summed E-state index contributed by atoms with van der Waals surface area (Å²) in [5.74, 6) is 0.319. The fourth-order valence-electron chi connectivity index (χ4n) is 2.13. The van der Waals surface area contributed by atoms with Crippen LogP contribution in [0.25, 0.3) is 0 Å². The average molecular weight is 241 g/mol. The molecule has 2 aromatic carbocycles. The first kappa shape index (κ1) is 12.7. The zero-order chi connectivity index (χ0) is 13.0. The molecule has 94 valence electrons. The summed E-state index contributed by atoms with van der Waals surface area (Å²) in [6, 6.07) is 18.3.